The van der Waals surface area contributed by atoms with Crippen LogP contribution in [0, 0.1) is 6.92 Å². The fourth-order valence-corrected chi connectivity index (χ4v) is 4.08. The van der Waals surface area contributed by atoms with Gasteiger partial charge >= 0.3 is 18.0 Å². The van der Waals surface area contributed by atoms with Gasteiger partial charge in [-0.15, -0.1) is 0 Å². The highest BCUT2D eigenvalue weighted by Crippen LogP contribution is 2.17. The van der Waals surface area contributed by atoms with Crippen LogP contribution in [0.3, 0.4) is 0 Å². The summed E-state index contributed by atoms with van der Waals surface area (Å²) in [6, 6.07) is 24.5. The fraction of sp³-hybridized carbons (Fsp3) is 0.400. The zero-order valence-electron chi connectivity index (χ0n) is 25.5. The number of hydrogen-bond acceptors (Lipinski definition) is 8. The number of rotatable bonds is 20. The van der Waals surface area contributed by atoms with Crippen LogP contribution in [0.1, 0.15) is 62.5 Å². The van der Waals surface area contributed by atoms with E-state index in [2.05, 4.69) is 5.32 Å². The SMILES string of the molecule is Cc1ccc(OCCCCCC(=O)OCCOC(=O)CCCCCOc2ccc(NC(=O)OCc3ccccc3)cc2)cc1. The van der Waals surface area contributed by atoms with E-state index < -0.39 is 6.09 Å². The lowest BCUT2D eigenvalue weighted by Crippen LogP contribution is -2.13. The quantitative estimate of drug-likeness (QED) is 0.0806. The fourth-order valence-electron chi connectivity index (χ4n) is 4.08. The molecule has 0 bridgehead atoms. The summed E-state index contributed by atoms with van der Waals surface area (Å²) in [6.07, 6.45) is 4.87. The lowest BCUT2D eigenvalue weighted by atomic mass is 10.2. The lowest BCUT2D eigenvalue weighted by molar-refractivity contribution is -0.152. The molecule has 0 aliphatic heterocycles. The van der Waals surface area contributed by atoms with Crippen molar-refractivity contribution in [2.75, 3.05) is 31.7 Å². The first-order valence-corrected chi connectivity index (χ1v) is 15.2. The first-order valence-electron chi connectivity index (χ1n) is 15.2. The molecule has 0 aliphatic carbocycles. The number of unbranched alkanes of at least 4 members (excludes halogenated alkanes) is 4. The molecule has 0 unspecified atom stereocenters. The molecule has 0 aromatic heterocycles. The average molecular weight is 606 g/mol. The molecule has 1 amide bonds. The van der Waals surface area contributed by atoms with Crippen LogP contribution >= 0.6 is 0 Å². The number of hydrogen-bond donors (Lipinski definition) is 1. The molecule has 3 aromatic rings. The number of nitrogens with one attached hydrogen (secondary N) is 1. The second-order valence-electron chi connectivity index (χ2n) is 10.3. The predicted octanol–water partition coefficient (Wildman–Crippen LogP) is 7.41. The molecule has 0 aliphatic rings. The molecule has 3 aromatic carbocycles. The van der Waals surface area contributed by atoms with E-state index in [1.54, 1.807) is 24.3 Å². The van der Waals surface area contributed by atoms with Gasteiger partial charge in [0.15, 0.2) is 0 Å². The Labute approximate surface area is 259 Å². The number of anilines is 1. The number of aryl methyl sites for hydroxylation is 1. The zero-order valence-corrected chi connectivity index (χ0v) is 25.5. The number of carbonyl (C=O) groups excluding carboxylic acids is 3. The third-order valence-corrected chi connectivity index (χ3v) is 6.53. The molecule has 0 atom stereocenters. The Bertz CT molecular complexity index is 1250. The number of esters is 2. The number of carbonyl (C=O) groups is 3. The normalized spacial score (nSPS) is 10.5. The van der Waals surface area contributed by atoms with Crippen molar-refractivity contribution in [3.8, 4) is 11.5 Å². The van der Waals surface area contributed by atoms with Crippen LogP contribution in [0.2, 0.25) is 0 Å². The highest BCUT2D eigenvalue weighted by Gasteiger charge is 2.07. The van der Waals surface area contributed by atoms with Crippen LogP contribution < -0.4 is 14.8 Å². The Hall–Kier alpha value is -4.53. The van der Waals surface area contributed by atoms with Gasteiger partial charge in [0.2, 0.25) is 0 Å². The van der Waals surface area contributed by atoms with Gasteiger partial charge in [-0.3, -0.25) is 14.9 Å². The Morgan fingerprint density at radius 3 is 1.64 bits per heavy atom. The third kappa shape index (κ3) is 15.1. The minimum absolute atomic E-state index is 0.0632. The molecule has 0 fully saturated rings. The summed E-state index contributed by atoms with van der Waals surface area (Å²) in [5.41, 5.74) is 2.72. The largest absolute Gasteiger partial charge is 0.494 e. The molecule has 0 heterocycles. The van der Waals surface area contributed by atoms with Crippen LogP contribution in [0.4, 0.5) is 10.5 Å². The Morgan fingerprint density at radius 2 is 1.09 bits per heavy atom. The zero-order chi connectivity index (χ0) is 31.2. The van der Waals surface area contributed by atoms with Crippen LogP contribution in [0.15, 0.2) is 78.9 Å². The van der Waals surface area contributed by atoms with Gasteiger partial charge < -0.3 is 23.7 Å². The summed E-state index contributed by atoms with van der Waals surface area (Å²) < 4.78 is 26.9. The standard InChI is InChI=1S/C35H43NO8/c1-28-15-19-31(20-16-28)40-23-9-3-7-13-33(37)42-25-26-43-34(38)14-8-4-10-24-41-32-21-17-30(18-22-32)36-35(39)44-27-29-11-5-2-6-12-29/h2,5-6,11-12,15-22H,3-4,7-10,13-14,23-27H2,1H3,(H,36,39). The number of amides is 1. The van der Waals surface area contributed by atoms with E-state index >= 15 is 0 Å². The maximum absolute atomic E-state index is 12.0. The first kappa shape index (κ1) is 34.0. The minimum atomic E-state index is -0.524. The average Bonchev–Trinajstić information content (AvgIpc) is 3.04. The van der Waals surface area contributed by atoms with Crippen molar-refractivity contribution in [1.82, 2.24) is 0 Å². The van der Waals surface area contributed by atoms with Gasteiger partial charge in [0.05, 0.1) is 13.2 Å². The van der Waals surface area contributed by atoms with Crippen LogP contribution in [0.25, 0.3) is 0 Å². The van der Waals surface area contributed by atoms with Crippen LogP contribution in [-0.4, -0.2) is 44.5 Å². The van der Waals surface area contributed by atoms with Gasteiger partial charge in [0.1, 0.15) is 31.3 Å². The summed E-state index contributed by atoms with van der Waals surface area (Å²) in [5, 5.41) is 2.69. The first-order chi connectivity index (χ1) is 21.5. The van der Waals surface area contributed by atoms with E-state index in [-0.39, 0.29) is 31.8 Å². The molecule has 0 radical (unpaired) electrons. The monoisotopic (exact) mass is 605 g/mol. The topological polar surface area (TPSA) is 109 Å². The van der Waals surface area contributed by atoms with E-state index in [9.17, 15) is 14.4 Å². The van der Waals surface area contributed by atoms with Gasteiger partial charge in [0.25, 0.3) is 0 Å². The Morgan fingerprint density at radius 1 is 0.568 bits per heavy atom. The highest BCUT2D eigenvalue weighted by molar-refractivity contribution is 5.84. The molecule has 0 saturated heterocycles. The molecule has 9 heteroatoms. The second-order valence-corrected chi connectivity index (χ2v) is 10.3. The van der Waals surface area contributed by atoms with Gasteiger partial charge in [-0.05, 0) is 87.4 Å². The molecule has 1 N–H and O–H groups in total. The van der Waals surface area contributed by atoms with E-state index in [0.29, 0.717) is 43.9 Å². The Balaban J connectivity index is 1.10. The van der Waals surface area contributed by atoms with Crippen molar-refractivity contribution in [2.24, 2.45) is 0 Å². The van der Waals surface area contributed by atoms with E-state index in [1.807, 2.05) is 61.5 Å². The van der Waals surface area contributed by atoms with Crippen LogP contribution in [-0.2, 0) is 30.4 Å². The predicted molar refractivity (Wildman–Crippen MR) is 168 cm³/mol. The molecule has 236 valence electrons. The van der Waals surface area contributed by atoms with Crippen molar-refractivity contribution in [3.63, 3.8) is 0 Å². The van der Waals surface area contributed by atoms with E-state index in [1.165, 1.54) is 5.56 Å². The number of ether oxygens (including phenoxy) is 5. The summed E-state index contributed by atoms with van der Waals surface area (Å²) >= 11 is 0. The summed E-state index contributed by atoms with van der Waals surface area (Å²) in [4.78, 5) is 35.7. The van der Waals surface area contributed by atoms with Gasteiger partial charge in [-0.25, -0.2) is 4.79 Å². The van der Waals surface area contributed by atoms with Gasteiger partial charge in [-0.2, -0.15) is 0 Å². The third-order valence-electron chi connectivity index (χ3n) is 6.53. The molecule has 9 nitrogen and oxygen atoms in total. The summed E-state index contributed by atoms with van der Waals surface area (Å²) in [6.45, 7) is 3.49. The molecule has 0 saturated carbocycles. The Kier molecular flexibility index (Phi) is 15.7. The lowest BCUT2D eigenvalue weighted by Gasteiger charge is -2.09. The van der Waals surface area contributed by atoms with Crippen molar-refractivity contribution in [3.05, 3.63) is 90.0 Å². The molecule has 3 rings (SSSR count). The van der Waals surface area contributed by atoms with Crippen LogP contribution in [0.5, 0.6) is 11.5 Å². The molecular weight excluding hydrogens is 562 g/mol. The van der Waals surface area contributed by atoms with E-state index in [4.69, 9.17) is 23.7 Å². The minimum Gasteiger partial charge on any atom is -0.494 e. The molecule has 44 heavy (non-hydrogen) atoms. The molecular formula is C35H43NO8. The van der Waals surface area contributed by atoms with Crippen molar-refractivity contribution in [2.45, 2.75) is 64.9 Å². The van der Waals surface area contributed by atoms with Gasteiger partial charge in [-0.1, -0.05) is 48.0 Å². The maximum Gasteiger partial charge on any atom is 0.411 e. The maximum atomic E-state index is 12.0. The van der Waals surface area contributed by atoms with Crippen molar-refractivity contribution < 1.29 is 38.1 Å². The molecule has 0 spiro atoms. The van der Waals surface area contributed by atoms with E-state index in [0.717, 1.165) is 43.4 Å². The van der Waals surface area contributed by atoms with Crippen molar-refractivity contribution in [1.29, 1.82) is 0 Å². The summed E-state index contributed by atoms with van der Waals surface area (Å²) in [7, 11) is 0. The number of benzene rings is 3. The highest BCUT2D eigenvalue weighted by atomic mass is 16.6. The summed E-state index contributed by atoms with van der Waals surface area (Å²) in [5.74, 6) is 0.954. The second kappa shape index (κ2) is 20.4. The van der Waals surface area contributed by atoms with Crippen molar-refractivity contribution >= 4 is 23.7 Å². The van der Waals surface area contributed by atoms with Gasteiger partial charge in [0, 0.05) is 18.5 Å². The smallest absolute Gasteiger partial charge is 0.411 e.